The minimum atomic E-state index is -1.02. The first kappa shape index (κ1) is 25.5. The number of amides is 1. The Morgan fingerprint density at radius 2 is 2.03 bits per heavy atom. The number of aromatic nitrogens is 4. The summed E-state index contributed by atoms with van der Waals surface area (Å²) in [7, 11) is 0. The molecular formula is C29H32N6O3. The molecule has 0 radical (unpaired) electrons. The van der Waals surface area contributed by atoms with Crippen molar-refractivity contribution in [3.63, 3.8) is 0 Å². The number of ketones is 1. The SMILES string of the molecule is C=C(C=CC=CC)c1ccc(-c2cnn3c4c(c(C5CCN(C(=O)C(C)O)CC5)nc23)C(=O)CCN4)cn1. The van der Waals surface area contributed by atoms with Crippen molar-refractivity contribution in [2.45, 2.75) is 45.1 Å². The number of fused-ring (bicyclic) bond motifs is 3. The maximum Gasteiger partial charge on any atom is 0.251 e. The first-order valence-corrected chi connectivity index (χ1v) is 13.0. The molecule has 1 fully saturated rings. The number of pyridine rings is 1. The fourth-order valence-electron chi connectivity index (χ4n) is 5.12. The van der Waals surface area contributed by atoms with Crippen LogP contribution in [-0.2, 0) is 4.79 Å². The molecule has 9 heteroatoms. The van der Waals surface area contributed by atoms with E-state index in [1.807, 2.05) is 43.4 Å². The van der Waals surface area contributed by atoms with Crippen LogP contribution in [0.5, 0.6) is 0 Å². The molecule has 1 unspecified atom stereocenters. The van der Waals surface area contributed by atoms with Crippen molar-refractivity contribution >= 4 is 28.7 Å². The number of hydrogen-bond donors (Lipinski definition) is 2. The molecule has 5 heterocycles. The van der Waals surface area contributed by atoms with Crippen LogP contribution in [0.15, 0.2) is 55.4 Å². The van der Waals surface area contributed by atoms with E-state index in [2.05, 4.69) is 22.0 Å². The molecule has 2 aliphatic heterocycles. The Hall–Kier alpha value is -4.11. The molecule has 9 nitrogen and oxygen atoms in total. The number of aliphatic hydroxyl groups is 1. The maximum absolute atomic E-state index is 13.1. The zero-order valence-electron chi connectivity index (χ0n) is 21.7. The van der Waals surface area contributed by atoms with Crippen molar-refractivity contribution in [2.75, 3.05) is 25.0 Å². The number of carbonyl (C=O) groups is 2. The number of piperidine rings is 1. The Morgan fingerprint density at radius 1 is 1.24 bits per heavy atom. The molecule has 3 aromatic heterocycles. The van der Waals surface area contributed by atoms with E-state index < -0.39 is 6.10 Å². The molecule has 3 aromatic rings. The summed E-state index contributed by atoms with van der Waals surface area (Å²) in [5.74, 6) is 0.479. The van der Waals surface area contributed by atoms with E-state index in [-0.39, 0.29) is 17.6 Å². The van der Waals surface area contributed by atoms with E-state index in [0.29, 0.717) is 55.9 Å². The first-order chi connectivity index (χ1) is 18.4. The molecule has 1 amide bonds. The number of hydrogen-bond acceptors (Lipinski definition) is 7. The Balaban J connectivity index is 1.51. The predicted molar refractivity (Wildman–Crippen MR) is 147 cm³/mol. The molecular weight excluding hydrogens is 480 g/mol. The third-order valence-electron chi connectivity index (χ3n) is 7.15. The number of aliphatic hydroxyl groups excluding tert-OH is 1. The molecule has 1 saturated heterocycles. The highest BCUT2D eigenvalue weighted by Crippen LogP contribution is 2.37. The third-order valence-corrected chi connectivity index (χ3v) is 7.15. The second kappa shape index (κ2) is 10.7. The second-order valence-corrected chi connectivity index (χ2v) is 9.73. The van der Waals surface area contributed by atoms with Gasteiger partial charge in [0.25, 0.3) is 5.91 Å². The predicted octanol–water partition coefficient (Wildman–Crippen LogP) is 4.02. The number of Topliss-reactive ketones (excluding diaryl/α,β-unsaturated/α-hetero) is 1. The summed E-state index contributed by atoms with van der Waals surface area (Å²) in [5, 5.41) is 17.7. The Kier molecular flexibility index (Phi) is 7.20. The van der Waals surface area contributed by atoms with Crippen LogP contribution in [0.1, 0.15) is 60.8 Å². The molecule has 0 spiro atoms. The van der Waals surface area contributed by atoms with E-state index in [4.69, 9.17) is 4.98 Å². The maximum atomic E-state index is 13.1. The highest BCUT2D eigenvalue weighted by Gasteiger charge is 2.33. The molecule has 5 rings (SSSR count). The van der Waals surface area contributed by atoms with Crippen LogP contribution in [-0.4, -0.2) is 67.0 Å². The molecule has 38 heavy (non-hydrogen) atoms. The monoisotopic (exact) mass is 512 g/mol. The van der Waals surface area contributed by atoms with Gasteiger partial charge in [-0.05, 0) is 38.3 Å². The molecule has 0 aromatic carbocycles. The number of nitrogens with one attached hydrogen (secondary N) is 1. The summed E-state index contributed by atoms with van der Waals surface area (Å²) in [6.07, 6.45) is 12.0. The van der Waals surface area contributed by atoms with Gasteiger partial charge in [0.2, 0.25) is 0 Å². The van der Waals surface area contributed by atoms with E-state index in [9.17, 15) is 14.7 Å². The summed E-state index contributed by atoms with van der Waals surface area (Å²) < 4.78 is 1.71. The molecule has 0 saturated carbocycles. The minimum Gasteiger partial charge on any atom is -0.384 e. The van der Waals surface area contributed by atoms with Crippen LogP contribution in [0.4, 0.5) is 5.82 Å². The van der Waals surface area contributed by atoms with Gasteiger partial charge in [0, 0.05) is 49.3 Å². The smallest absolute Gasteiger partial charge is 0.251 e. The average Bonchev–Trinajstić information content (AvgIpc) is 3.37. The largest absolute Gasteiger partial charge is 0.384 e. The van der Waals surface area contributed by atoms with Crippen molar-refractivity contribution in [3.05, 3.63) is 72.4 Å². The van der Waals surface area contributed by atoms with Crippen molar-refractivity contribution in [3.8, 4) is 11.1 Å². The van der Waals surface area contributed by atoms with Gasteiger partial charge >= 0.3 is 0 Å². The number of nitrogens with zero attached hydrogens (tertiary/aromatic N) is 5. The van der Waals surface area contributed by atoms with E-state index >= 15 is 0 Å². The first-order valence-electron chi connectivity index (χ1n) is 13.0. The van der Waals surface area contributed by atoms with E-state index in [0.717, 1.165) is 28.1 Å². The Labute approximate surface area is 221 Å². The highest BCUT2D eigenvalue weighted by molar-refractivity contribution is 6.04. The van der Waals surface area contributed by atoms with Crippen LogP contribution < -0.4 is 5.32 Å². The third kappa shape index (κ3) is 4.77. The van der Waals surface area contributed by atoms with Crippen molar-refractivity contribution in [1.29, 1.82) is 0 Å². The van der Waals surface area contributed by atoms with Gasteiger partial charge in [0.15, 0.2) is 11.4 Å². The van der Waals surface area contributed by atoms with Crippen LogP contribution >= 0.6 is 0 Å². The van der Waals surface area contributed by atoms with Crippen molar-refractivity contribution in [2.24, 2.45) is 0 Å². The molecule has 0 bridgehead atoms. The van der Waals surface area contributed by atoms with Gasteiger partial charge in [-0.2, -0.15) is 9.61 Å². The van der Waals surface area contributed by atoms with Crippen molar-refractivity contribution < 1.29 is 14.7 Å². The highest BCUT2D eigenvalue weighted by atomic mass is 16.3. The van der Waals surface area contributed by atoms with Gasteiger partial charge in [-0.15, -0.1) is 0 Å². The zero-order valence-corrected chi connectivity index (χ0v) is 21.7. The molecule has 2 N–H and O–H groups in total. The van der Waals surface area contributed by atoms with Crippen molar-refractivity contribution in [1.82, 2.24) is 24.5 Å². The lowest BCUT2D eigenvalue weighted by Crippen LogP contribution is -2.43. The molecule has 2 aliphatic rings. The number of allylic oxidation sites excluding steroid dienone is 5. The quantitative estimate of drug-likeness (QED) is 0.480. The van der Waals surface area contributed by atoms with Gasteiger partial charge in [-0.25, -0.2) is 4.98 Å². The van der Waals surface area contributed by atoms with Crippen LogP contribution in [0, 0.1) is 0 Å². The van der Waals surface area contributed by atoms with E-state index in [1.54, 1.807) is 21.8 Å². The summed E-state index contributed by atoms with van der Waals surface area (Å²) in [4.78, 5) is 36.7. The van der Waals surface area contributed by atoms with Crippen LogP contribution in [0.25, 0.3) is 22.3 Å². The summed E-state index contributed by atoms with van der Waals surface area (Å²) in [6.45, 7) is 9.11. The van der Waals surface area contributed by atoms with Gasteiger partial charge in [0.1, 0.15) is 11.9 Å². The standard InChI is InChI=1S/C29H32N6O3/c1-4-5-6-7-18(2)23-9-8-21(16-31-23)22-17-32-35-27(22)33-26(25-24(37)10-13-30-28(25)35)20-11-14-34(15-12-20)29(38)19(3)36/h4-9,16-17,19-20,30,36H,2,10-15H2,1,3H3. The lowest BCUT2D eigenvalue weighted by Gasteiger charge is -2.33. The lowest BCUT2D eigenvalue weighted by atomic mass is 9.88. The molecule has 1 atom stereocenters. The normalized spacial score (nSPS) is 17.2. The fraction of sp³-hybridized carbons (Fsp3) is 0.345. The van der Waals surface area contributed by atoms with Gasteiger partial charge in [-0.3, -0.25) is 14.6 Å². The fourth-order valence-corrected chi connectivity index (χ4v) is 5.12. The number of carbonyl (C=O) groups excluding carboxylic acids is 2. The summed E-state index contributed by atoms with van der Waals surface area (Å²) in [5.41, 5.74) is 5.29. The number of likely N-dealkylation sites (tertiary alicyclic amines) is 1. The van der Waals surface area contributed by atoms with Gasteiger partial charge in [-0.1, -0.05) is 36.9 Å². The number of rotatable bonds is 6. The minimum absolute atomic E-state index is 0.0196. The van der Waals surface area contributed by atoms with E-state index in [1.165, 1.54) is 6.92 Å². The van der Waals surface area contributed by atoms with Gasteiger partial charge in [0.05, 0.1) is 23.1 Å². The molecule has 196 valence electrons. The Morgan fingerprint density at radius 3 is 2.71 bits per heavy atom. The topological polar surface area (TPSA) is 113 Å². The van der Waals surface area contributed by atoms with Gasteiger partial charge < -0.3 is 15.3 Å². The van der Waals surface area contributed by atoms with Crippen LogP contribution in [0.3, 0.4) is 0 Å². The molecule has 0 aliphatic carbocycles. The summed E-state index contributed by atoms with van der Waals surface area (Å²) >= 11 is 0. The average molecular weight is 513 g/mol. The zero-order chi connectivity index (χ0) is 26.8. The second-order valence-electron chi connectivity index (χ2n) is 9.73. The summed E-state index contributed by atoms with van der Waals surface area (Å²) in [6, 6.07) is 3.91. The Bertz CT molecular complexity index is 1440. The number of anilines is 1. The lowest BCUT2D eigenvalue weighted by molar-refractivity contribution is -0.140. The van der Waals surface area contributed by atoms with Crippen LogP contribution in [0.2, 0.25) is 0 Å².